The van der Waals surface area contributed by atoms with E-state index in [2.05, 4.69) is 22.4 Å². The van der Waals surface area contributed by atoms with Crippen molar-refractivity contribution in [3.05, 3.63) is 17.0 Å². The molecule has 1 atom stereocenters. The van der Waals surface area contributed by atoms with Crippen LogP contribution in [0.5, 0.6) is 0 Å². The molecule has 0 radical (unpaired) electrons. The molecule has 0 aliphatic rings. The fourth-order valence-corrected chi connectivity index (χ4v) is 1.69. The van der Waals surface area contributed by atoms with Gasteiger partial charge in [0.25, 0.3) is 0 Å². The van der Waals surface area contributed by atoms with Crippen LogP contribution in [0.4, 0.5) is 0 Å². The number of aryl methyl sites for hydroxylation is 2. The molecule has 1 aromatic rings. The Labute approximate surface area is 91.1 Å². The van der Waals surface area contributed by atoms with Gasteiger partial charge in [0.05, 0.1) is 5.69 Å². The van der Waals surface area contributed by atoms with Crippen molar-refractivity contribution in [2.75, 3.05) is 6.61 Å². The first-order valence-corrected chi connectivity index (χ1v) is 5.53. The number of H-pyrrole nitrogens is 1. The molecule has 0 fully saturated rings. The summed E-state index contributed by atoms with van der Waals surface area (Å²) in [4.78, 5) is 0. The van der Waals surface area contributed by atoms with Crippen molar-refractivity contribution >= 4 is 0 Å². The molecular weight excluding hydrogens is 190 g/mol. The maximum atomic E-state index is 8.88. The third kappa shape index (κ3) is 3.32. The SMILES string of the molecule is CCC(CCO)NCc1c(C)n[nH]c1C. The van der Waals surface area contributed by atoms with Crippen LogP contribution in [0, 0.1) is 13.8 Å². The minimum Gasteiger partial charge on any atom is -0.396 e. The number of rotatable bonds is 6. The minimum absolute atomic E-state index is 0.245. The van der Waals surface area contributed by atoms with Gasteiger partial charge in [0, 0.05) is 30.5 Å². The highest BCUT2D eigenvalue weighted by molar-refractivity contribution is 5.22. The molecule has 0 spiro atoms. The molecule has 4 heteroatoms. The first-order valence-electron chi connectivity index (χ1n) is 5.53. The normalized spacial score (nSPS) is 13.1. The number of aromatic nitrogens is 2. The van der Waals surface area contributed by atoms with Crippen LogP contribution in [-0.2, 0) is 6.54 Å². The van der Waals surface area contributed by atoms with Crippen molar-refractivity contribution < 1.29 is 5.11 Å². The summed E-state index contributed by atoms with van der Waals surface area (Å²) in [5.41, 5.74) is 3.42. The Balaban J connectivity index is 2.48. The molecule has 4 nitrogen and oxygen atoms in total. The van der Waals surface area contributed by atoms with E-state index in [0.717, 1.165) is 30.8 Å². The molecule has 0 aliphatic carbocycles. The molecule has 0 amide bonds. The maximum absolute atomic E-state index is 8.88. The Morgan fingerprint density at radius 3 is 2.67 bits per heavy atom. The second-order valence-corrected chi connectivity index (χ2v) is 3.91. The topological polar surface area (TPSA) is 60.9 Å². The summed E-state index contributed by atoms with van der Waals surface area (Å²) in [7, 11) is 0. The lowest BCUT2D eigenvalue weighted by atomic mass is 10.1. The van der Waals surface area contributed by atoms with Crippen molar-refractivity contribution in [3.8, 4) is 0 Å². The summed E-state index contributed by atoms with van der Waals surface area (Å²) in [5, 5.41) is 19.4. The minimum atomic E-state index is 0.245. The lowest BCUT2D eigenvalue weighted by Gasteiger charge is -2.15. The van der Waals surface area contributed by atoms with Crippen LogP contribution in [-0.4, -0.2) is 28.0 Å². The zero-order valence-corrected chi connectivity index (χ0v) is 9.80. The monoisotopic (exact) mass is 211 g/mol. The van der Waals surface area contributed by atoms with Crippen LogP contribution in [0.25, 0.3) is 0 Å². The Hall–Kier alpha value is -0.870. The van der Waals surface area contributed by atoms with E-state index < -0.39 is 0 Å². The Morgan fingerprint density at radius 1 is 1.47 bits per heavy atom. The molecule has 1 aromatic heterocycles. The molecule has 0 aliphatic heterocycles. The second-order valence-electron chi connectivity index (χ2n) is 3.91. The Morgan fingerprint density at radius 2 is 2.20 bits per heavy atom. The molecule has 3 N–H and O–H groups in total. The van der Waals surface area contributed by atoms with Crippen molar-refractivity contribution in [3.63, 3.8) is 0 Å². The highest BCUT2D eigenvalue weighted by atomic mass is 16.3. The van der Waals surface area contributed by atoms with Gasteiger partial charge in [-0.2, -0.15) is 5.10 Å². The number of hydrogen-bond acceptors (Lipinski definition) is 3. The summed E-state index contributed by atoms with van der Waals surface area (Å²) in [6, 6.07) is 0.392. The van der Waals surface area contributed by atoms with Crippen molar-refractivity contribution in [1.29, 1.82) is 0 Å². The molecule has 0 bridgehead atoms. The molecule has 0 saturated heterocycles. The van der Waals surface area contributed by atoms with Crippen LogP contribution in [0.3, 0.4) is 0 Å². The third-order valence-corrected chi connectivity index (χ3v) is 2.82. The molecule has 0 saturated carbocycles. The van der Waals surface area contributed by atoms with Gasteiger partial charge in [-0.1, -0.05) is 6.92 Å². The van der Waals surface area contributed by atoms with E-state index in [1.165, 1.54) is 5.56 Å². The summed E-state index contributed by atoms with van der Waals surface area (Å²) < 4.78 is 0. The molecule has 1 rings (SSSR count). The van der Waals surface area contributed by atoms with Crippen LogP contribution >= 0.6 is 0 Å². The standard InChI is InChI=1S/C11H21N3O/c1-4-10(5-6-15)12-7-11-8(2)13-14-9(11)3/h10,12,15H,4-7H2,1-3H3,(H,13,14). The Kier molecular flexibility index (Phi) is 4.78. The Bertz CT molecular complexity index is 277. The number of aromatic amines is 1. The first-order chi connectivity index (χ1) is 7.19. The van der Waals surface area contributed by atoms with Crippen molar-refractivity contribution in [1.82, 2.24) is 15.5 Å². The predicted octanol–water partition coefficient (Wildman–Crippen LogP) is 1.28. The van der Waals surface area contributed by atoms with Crippen LogP contribution < -0.4 is 5.32 Å². The van der Waals surface area contributed by atoms with E-state index in [1.54, 1.807) is 0 Å². The van der Waals surface area contributed by atoms with E-state index >= 15 is 0 Å². The van der Waals surface area contributed by atoms with E-state index in [-0.39, 0.29) is 6.61 Å². The zero-order chi connectivity index (χ0) is 11.3. The van der Waals surface area contributed by atoms with Gasteiger partial charge in [-0.15, -0.1) is 0 Å². The fraction of sp³-hybridized carbons (Fsp3) is 0.727. The largest absolute Gasteiger partial charge is 0.396 e. The lowest BCUT2D eigenvalue weighted by molar-refractivity contribution is 0.262. The second kappa shape index (κ2) is 5.88. The molecule has 15 heavy (non-hydrogen) atoms. The van der Waals surface area contributed by atoms with E-state index in [1.807, 2.05) is 13.8 Å². The van der Waals surface area contributed by atoms with Gasteiger partial charge in [-0.25, -0.2) is 0 Å². The maximum Gasteiger partial charge on any atom is 0.0638 e. The van der Waals surface area contributed by atoms with Crippen LogP contribution in [0.2, 0.25) is 0 Å². The number of aliphatic hydroxyl groups excluding tert-OH is 1. The molecular formula is C11H21N3O. The average Bonchev–Trinajstić information content (AvgIpc) is 2.54. The van der Waals surface area contributed by atoms with Crippen LogP contribution in [0.1, 0.15) is 36.7 Å². The van der Waals surface area contributed by atoms with Gasteiger partial charge in [0.1, 0.15) is 0 Å². The van der Waals surface area contributed by atoms with Gasteiger partial charge in [0.15, 0.2) is 0 Å². The smallest absolute Gasteiger partial charge is 0.0638 e. The van der Waals surface area contributed by atoms with Gasteiger partial charge >= 0.3 is 0 Å². The number of nitrogens with one attached hydrogen (secondary N) is 2. The predicted molar refractivity (Wildman–Crippen MR) is 60.7 cm³/mol. The summed E-state index contributed by atoms with van der Waals surface area (Å²) in [6.45, 7) is 7.24. The number of hydrogen-bond donors (Lipinski definition) is 3. The highest BCUT2D eigenvalue weighted by Gasteiger charge is 2.09. The highest BCUT2D eigenvalue weighted by Crippen LogP contribution is 2.09. The quantitative estimate of drug-likeness (QED) is 0.664. The third-order valence-electron chi connectivity index (χ3n) is 2.82. The first kappa shape index (κ1) is 12.2. The zero-order valence-electron chi connectivity index (χ0n) is 9.80. The van der Waals surface area contributed by atoms with Gasteiger partial charge in [-0.05, 0) is 26.7 Å². The fourth-order valence-electron chi connectivity index (χ4n) is 1.69. The summed E-state index contributed by atoms with van der Waals surface area (Å²) in [5.74, 6) is 0. The molecule has 86 valence electrons. The number of nitrogens with zero attached hydrogens (tertiary/aromatic N) is 1. The van der Waals surface area contributed by atoms with E-state index in [0.29, 0.717) is 6.04 Å². The average molecular weight is 211 g/mol. The van der Waals surface area contributed by atoms with Crippen LogP contribution in [0.15, 0.2) is 0 Å². The van der Waals surface area contributed by atoms with E-state index in [4.69, 9.17) is 5.11 Å². The van der Waals surface area contributed by atoms with E-state index in [9.17, 15) is 0 Å². The lowest BCUT2D eigenvalue weighted by Crippen LogP contribution is -2.29. The van der Waals surface area contributed by atoms with Gasteiger partial charge in [-0.3, -0.25) is 5.10 Å². The summed E-state index contributed by atoms with van der Waals surface area (Å²) in [6.07, 6.45) is 1.85. The summed E-state index contributed by atoms with van der Waals surface area (Å²) >= 11 is 0. The molecule has 1 heterocycles. The van der Waals surface area contributed by atoms with Gasteiger partial charge < -0.3 is 10.4 Å². The van der Waals surface area contributed by atoms with Gasteiger partial charge in [0.2, 0.25) is 0 Å². The molecule has 0 aromatic carbocycles. The molecule has 1 unspecified atom stereocenters. The van der Waals surface area contributed by atoms with Crippen molar-refractivity contribution in [2.24, 2.45) is 0 Å². The van der Waals surface area contributed by atoms with Crippen molar-refractivity contribution in [2.45, 2.75) is 46.2 Å². The number of aliphatic hydroxyl groups is 1.